The first kappa shape index (κ1) is 18.2. The highest BCUT2D eigenvalue weighted by Gasteiger charge is 2.39. The zero-order chi connectivity index (χ0) is 17.1. The molecule has 0 radical (unpaired) electrons. The quantitative estimate of drug-likeness (QED) is 0.498. The summed E-state index contributed by atoms with van der Waals surface area (Å²) < 4.78 is 0. The van der Waals surface area contributed by atoms with Gasteiger partial charge in [0.25, 0.3) is 5.91 Å². The summed E-state index contributed by atoms with van der Waals surface area (Å²) >= 11 is 9.87. The zero-order valence-electron chi connectivity index (χ0n) is 13.4. The topological polar surface area (TPSA) is 41.1 Å². The smallest absolute Gasteiger partial charge is 0.261 e. The Morgan fingerprint density at radius 2 is 2.04 bits per heavy atom. The second kappa shape index (κ2) is 8.17. The van der Waals surface area contributed by atoms with Crippen LogP contribution in [0.1, 0.15) is 28.9 Å². The third kappa shape index (κ3) is 3.79. The van der Waals surface area contributed by atoms with Gasteiger partial charge in [0.1, 0.15) is 0 Å². The summed E-state index contributed by atoms with van der Waals surface area (Å²) in [6.07, 6.45) is 3.47. The fourth-order valence-electron chi connectivity index (χ4n) is 3.49. The van der Waals surface area contributed by atoms with Crippen LogP contribution in [0.2, 0.25) is 5.02 Å². The average Bonchev–Trinajstić information content (AvgIpc) is 3.34. The Hall–Kier alpha value is -0.630. The Bertz CT molecular complexity index is 721. The van der Waals surface area contributed by atoms with Crippen LogP contribution in [-0.2, 0) is 0 Å². The minimum atomic E-state index is 0.0302. The maximum absolute atomic E-state index is 12.4. The van der Waals surface area contributed by atoms with Gasteiger partial charge in [-0.25, -0.2) is 0 Å². The van der Waals surface area contributed by atoms with E-state index in [4.69, 9.17) is 11.6 Å². The number of thiophene rings is 1. The van der Waals surface area contributed by atoms with Crippen molar-refractivity contribution >= 4 is 51.4 Å². The number of rotatable bonds is 3. The van der Waals surface area contributed by atoms with Gasteiger partial charge in [-0.05, 0) is 42.4 Å². The van der Waals surface area contributed by atoms with Gasteiger partial charge in [-0.3, -0.25) is 4.79 Å². The number of amides is 1. The fourth-order valence-corrected chi connectivity index (χ4v) is 4.73. The molecule has 3 nitrogen and oxygen atoms in total. The van der Waals surface area contributed by atoms with Crippen molar-refractivity contribution in [3.05, 3.63) is 46.3 Å². The maximum Gasteiger partial charge on any atom is 0.261 e. The van der Waals surface area contributed by atoms with Crippen LogP contribution < -0.4 is 10.6 Å². The van der Waals surface area contributed by atoms with Crippen LogP contribution in [-0.4, -0.2) is 29.0 Å². The number of hydrogen-bond acceptors (Lipinski definition) is 3. The van der Waals surface area contributed by atoms with Crippen LogP contribution in [0.5, 0.6) is 0 Å². The summed E-state index contributed by atoms with van der Waals surface area (Å²) in [6, 6.07) is 12.9. The van der Waals surface area contributed by atoms with Gasteiger partial charge in [-0.2, -0.15) is 0 Å². The van der Waals surface area contributed by atoms with E-state index < -0.39 is 0 Å². The van der Waals surface area contributed by atoms with Crippen LogP contribution in [0.25, 0.3) is 10.4 Å². The summed E-state index contributed by atoms with van der Waals surface area (Å²) in [5.74, 6) is 0.0302. The fraction of sp³-hybridized carbons (Fsp3) is 0.389. The van der Waals surface area contributed by atoms with Crippen molar-refractivity contribution in [1.82, 2.24) is 10.6 Å². The van der Waals surface area contributed by atoms with Crippen molar-refractivity contribution in [2.45, 2.75) is 37.4 Å². The molecule has 2 fully saturated rings. The van der Waals surface area contributed by atoms with Gasteiger partial charge in [0.15, 0.2) is 0 Å². The molecule has 1 aromatic carbocycles. The molecule has 128 valence electrons. The van der Waals surface area contributed by atoms with E-state index in [1.807, 2.05) is 41.3 Å². The van der Waals surface area contributed by atoms with Crippen LogP contribution in [0.4, 0.5) is 0 Å². The largest absolute Gasteiger partial charge is 0.347 e. The molecule has 1 aromatic heterocycles. The zero-order valence-corrected chi connectivity index (χ0v) is 17.1. The van der Waals surface area contributed by atoms with E-state index in [1.165, 1.54) is 24.2 Å². The van der Waals surface area contributed by atoms with E-state index in [2.05, 4.69) is 33.2 Å². The Balaban J connectivity index is 0.000000815. The number of nitrogens with one attached hydrogen (secondary N) is 2. The lowest BCUT2D eigenvalue weighted by Gasteiger charge is -2.20. The van der Waals surface area contributed by atoms with Gasteiger partial charge in [-0.1, -0.05) is 52.4 Å². The summed E-state index contributed by atoms with van der Waals surface area (Å²) in [5.41, 5.74) is 0.981. The molecule has 2 aromatic rings. The molecule has 0 aliphatic carbocycles. The van der Waals surface area contributed by atoms with Gasteiger partial charge < -0.3 is 10.6 Å². The molecule has 2 saturated heterocycles. The summed E-state index contributed by atoms with van der Waals surface area (Å²) in [4.78, 5) is 16.2. The van der Waals surface area contributed by atoms with Crippen LogP contribution in [0.15, 0.2) is 36.4 Å². The Morgan fingerprint density at radius 3 is 2.71 bits per heavy atom. The molecule has 3 heterocycles. The second-order valence-electron chi connectivity index (χ2n) is 6.01. The van der Waals surface area contributed by atoms with Gasteiger partial charge >= 0.3 is 0 Å². The lowest BCUT2D eigenvalue weighted by Crippen LogP contribution is -2.42. The number of benzene rings is 1. The van der Waals surface area contributed by atoms with Gasteiger partial charge in [0.2, 0.25) is 0 Å². The Labute approximate surface area is 165 Å². The molecule has 2 N–H and O–H groups in total. The standard InChI is InChI=1S/C17H17ClN2OS.CH3I/c18-12-4-2-1-3-11(12)15-7-8-16(22-15)17(21)20-14-9-10-5-6-13(14)19-10;1-2/h1-4,7-8,10,13-14,19H,5-6,9H2,(H,20,21);1H3/t10?,13?,14-;/m1./s1. The minimum Gasteiger partial charge on any atom is -0.347 e. The maximum atomic E-state index is 12.4. The SMILES string of the molecule is CI.O=C(N[C@@H]1CC2CCC1N2)c1ccc(-c2ccccc2Cl)s1. The molecule has 0 spiro atoms. The summed E-state index contributed by atoms with van der Waals surface area (Å²) in [6.45, 7) is 0. The predicted molar refractivity (Wildman–Crippen MR) is 111 cm³/mol. The summed E-state index contributed by atoms with van der Waals surface area (Å²) in [5, 5.41) is 7.44. The molecule has 4 rings (SSSR count). The van der Waals surface area contributed by atoms with Crippen molar-refractivity contribution in [3.8, 4) is 10.4 Å². The van der Waals surface area contributed by atoms with E-state index >= 15 is 0 Å². The van der Waals surface area contributed by atoms with Crippen molar-refractivity contribution in [3.63, 3.8) is 0 Å². The number of carbonyl (C=O) groups is 1. The van der Waals surface area contributed by atoms with Crippen LogP contribution in [0, 0.1) is 0 Å². The third-order valence-corrected chi connectivity index (χ3v) is 6.03. The lowest BCUT2D eigenvalue weighted by atomic mass is 9.95. The first-order valence-electron chi connectivity index (χ1n) is 8.00. The van der Waals surface area contributed by atoms with E-state index in [-0.39, 0.29) is 11.9 Å². The Kier molecular flexibility index (Phi) is 6.18. The van der Waals surface area contributed by atoms with Crippen molar-refractivity contribution in [2.24, 2.45) is 0 Å². The van der Waals surface area contributed by atoms with Gasteiger partial charge in [0.05, 0.1) is 4.88 Å². The number of carbonyl (C=O) groups excluding carboxylic acids is 1. The molecule has 0 saturated carbocycles. The van der Waals surface area contributed by atoms with Crippen molar-refractivity contribution in [2.75, 3.05) is 4.93 Å². The molecule has 2 bridgehead atoms. The predicted octanol–water partition coefficient (Wildman–Crippen LogP) is 4.74. The van der Waals surface area contributed by atoms with E-state index in [0.717, 1.165) is 21.7 Å². The highest BCUT2D eigenvalue weighted by Crippen LogP contribution is 2.34. The highest BCUT2D eigenvalue weighted by molar-refractivity contribution is 14.1. The first-order chi connectivity index (χ1) is 11.7. The van der Waals surface area contributed by atoms with Gasteiger partial charge in [-0.15, -0.1) is 11.3 Å². The van der Waals surface area contributed by atoms with Crippen LogP contribution in [0.3, 0.4) is 0 Å². The number of alkyl halides is 1. The lowest BCUT2D eigenvalue weighted by molar-refractivity contribution is 0.0935. The summed E-state index contributed by atoms with van der Waals surface area (Å²) in [7, 11) is 0. The van der Waals surface area contributed by atoms with Crippen molar-refractivity contribution < 1.29 is 4.79 Å². The monoisotopic (exact) mass is 474 g/mol. The molecule has 24 heavy (non-hydrogen) atoms. The number of halogens is 2. The van der Waals surface area contributed by atoms with E-state index in [1.54, 1.807) is 0 Å². The normalized spacial score (nSPS) is 24.4. The average molecular weight is 475 g/mol. The third-order valence-electron chi connectivity index (χ3n) is 4.59. The molecule has 2 aliphatic rings. The Morgan fingerprint density at radius 1 is 1.25 bits per heavy atom. The minimum absolute atomic E-state index is 0.0302. The van der Waals surface area contributed by atoms with Crippen molar-refractivity contribution in [1.29, 1.82) is 0 Å². The van der Waals surface area contributed by atoms with E-state index in [0.29, 0.717) is 17.1 Å². The molecule has 3 atom stereocenters. The number of hydrogen-bond donors (Lipinski definition) is 2. The highest BCUT2D eigenvalue weighted by atomic mass is 127. The molecular formula is C18H20ClIN2OS. The molecule has 1 amide bonds. The van der Waals surface area contributed by atoms with Crippen LogP contribution >= 0.6 is 45.5 Å². The molecule has 6 heteroatoms. The second-order valence-corrected chi connectivity index (χ2v) is 7.50. The molecule has 2 aliphatic heterocycles. The van der Waals surface area contributed by atoms with Gasteiger partial charge in [0, 0.05) is 33.6 Å². The molecular weight excluding hydrogens is 455 g/mol. The van der Waals surface area contributed by atoms with E-state index in [9.17, 15) is 4.79 Å². The first-order valence-corrected chi connectivity index (χ1v) is 11.4. The molecule has 2 unspecified atom stereocenters. The number of fused-ring (bicyclic) bond motifs is 2.